The Labute approximate surface area is 126 Å². The summed E-state index contributed by atoms with van der Waals surface area (Å²) in [7, 11) is 3.18. The van der Waals surface area contributed by atoms with Gasteiger partial charge in [0.2, 0.25) is 0 Å². The molecule has 1 aromatic heterocycles. The van der Waals surface area contributed by atoms with Crippen molar-refractivity contribution in [3.63, 3.8) is 0 Å². The number of hydrogen-bond donors (Lipinski definition) is 1. The van der Waals surface area contributed by atoms with Gasteiger partial charge in [-0.2, -0.15) is 0 Å². The summed E-state index contributed by atoms with van der Waals surface area (Å²) < 4.78 is 24.1. The lowest BCUT2D eigenvalue weighted by molar-refractivity contribution is -0.159. The lowest BCUT2D eigenvalue weighted by atomic mass is 9.90. The van der Waals surface area contributed by atoms with Crippen LogP contribution in [-0.2, 0) is 18.9 Å². The second-order valence-electron chi connectivity index (χ2n) is 5.73. The standard InChI is InChI=1S/C14H20N2O6/c1-8-6-16(13(18)15-11(8)17)12-9-10(20-3)14(22-12,7-19-2)4-5-21-9/h6,9-10,12H,4-5,7H2,1-3H3,(H,15,17,18)/t9?,10?,12-,14-/m1/s1. The average Bonchev–Trinajstić information content (AvgIpc) is 2.65. The molecule has 1 N–H and O–H groups in total. The van der Waals surface area contributed by atoms with E-state index in [2.05, 4.69) is 4.98 Å². The minimum Gasteiger partial charge on any atom is -0.382 e. The van der Waals surface area contributed by atoms with Crippen molar-refractivity contribution >= 4 is 0 Å². The molecule has 0 saturated carbocycles. The van der Waals surface area contributed by atoms with Crippen molar-refractivity contribution in [3.05, 3.63) is 32.6 Å². The third kappa shape index (κ3) is 2.23. The van der Waals surface area contributed by atoms with Crippen LogP contribution in [0.3, 0.4) is 0 Å². The molecule has 0 spiro atoms. The van der Waals surface area contributed by atoms with Crippen LogP contribution in [0.15, 0.2) is 15.8 Å². The fourth-order valence-corrected chi connectivity index (χ4v) is 3.33. The Bertz CT molecular complexity index is 664. The van der Waals surface area contributed by atoms with Crippen LogP contribution < -0.4 is 11.2 Å². The van der Waals surface area contributed by atoms with E-state index in [4.69, 9.17) is 18.9 Å². The maximum absolute atomic E-state index is 12.1. The van der Waals surface area contributed by atoms with Gasteiger partial charge in [0.05, 0.1) is 13.2 Å². The predicted molar refractivity (Wildman–Crippen MR) is 75.9 cm³/mol. The highest BCUT2D eigenvalue weighted by atomic mass is 16.6. The normalized spacial score (nSPS) is 34.0. The Hall–Kier alpha value is -1.48. The average molecular weight is 312 g/mol. The third-order valence-corrected chi connectivity index (χ3v) is 4.35. The molecule has 3 rings (SSSR count). The largest absolute Gasteiger partial charge is 0.382 e. The maximum Gasteiger partial charge on any atom is 0.330 e. The number of aromatic nitrogens is 2. The molecule has 2 aliphatic rings. The summed E-state index contributed by atoms with van der Waals surface area (Å²) in [4.78, 5) is 25.9. The van der Waals surface area contributed by atoms with Crippen molar-refractivity contribution in [2.24, 2.45) is 0 Å². The molecular weight excluding hydrogens is 292 g/mol. The van der Waals surface area contributed by atoms with Crippen molar-refractivity contribution in [1.29, 1.82) is 0 Å². The summed E-state index contributed by atoms with van der Waals surface area (Å²) in [6.45, 7) is 2.48. The molecule has 0 radical (unpaired) electrons. The zero-order valence-corrected chi connectivity index (χ0v) is 12.8. The van der Waals surface area contributed by atoms with Crippen molar-refractivity contribution in [2.45, 2.75) is 37.4 Å². The first kappa shape index (κ1) is 15.4. The van der Waals surface area contributed by atoms with Crippen LogP contribution >= 0.6 is 0 Å². The monoisotopic (exact) mass is 312 g/mol. The minimum atomic E-state index is -0.661. The van der Waals surface area contributed by atoms with Crippen LogP contribution in [0.4, 0.5) is 0 Å². The van der Waals surface area contributed by atoms with Gasteiger partial charge in [-0.15, -0.1) is 0 Å². The van der Waals surface area contributed by atoms with E-state index in [0.717, 1.165) is 0 Å². The van der Waals surface area contributed by atoms with E-state index in [0.29, 0.717) is 25.2 Å². The van der Waals surface area contributed by atoms with Crippen LogP contribution in [0.5, 0.6) is 0 Å². The molecule has 4 atom stereocenters. The molecule has 22 heavy (non-hydrogen) atoms. The number of ether oxygens (including phenoxy) is 4. The van der Waals surface area contributed by atoms with Gasteiger partial charge >= 0.3 is 5.69 Å². The van der Waals surface area contributed by atoms with Crippen LogP contribution in [0.2, 0.25) is 0 Å². The van der Waals surface area contributed by atoms with E-state index in [1.54, 1.807) is 21.1 Å². The summed E-state index contributed by atoms with van der Waals surface area (Å²) in [5, 5.41) is 0. The molecule has 2 aliphatic heterocycles. The lowest BCUT2D eigenvalue weighted by Crippen LogP contribution is -2.52. The number of hydrogen-bond acceptors (Lipinski definition) is 6. The van der Waals surface area contributed by atoms with E-state index < -0.39 is 29.2 Å². The summed E-state index contributed by atoms with van der Waals surface area (Å²) in [5.41, 5.74) is -1.16. The number of aromatic amines is 1. The number of fused-ring (bicyclic) bond motifs is 2. The van der Waals surface area contributed by atoms with Gasteiger partial charge in [0.1, 0.15) is 17.8 Å². The number of aryl methyl sites for hydroxylation is 1. The van der Waals surface area contributed by atoms with Gasteiger partial charge in [0, 0.05) is 32.4 Å². The Morgan fingerprint density at radius 1 is 1.45 bits per heavy atom. The minimum absolute atomic E-state index is 0.342. The quantitative estimate of drug-likeness (QED) is 0.810. The molecule has 0 aliphatic carbocycles. The van der Waals surface area contributed by atoms with E-state index in [1.165, 1.54) is 10.8 Å². The van der Waals surface area contributed by atoms with Gasteiger partial charge < -0.3 is 18.9 Å². The number of nitrogens with zero attached hydrogens (tertiary/aromatic N) is 1. The van der Waals surface area contributed by atoms with Crippen molar-refractivity contribution in [3.8, 4) is 0 Å². The first-order valence-electron chi connectivity index (χ1n) is 7.15. The molecule has 1 aromatic rings. The molecule has 2 saturated heterocycles. The first-order chi connectivity index (χ1) is 10.5. The molecule has 0 amide bonds. The van der Waals surface area contributed by atoms with Crippen LogP contribution in [0, 0.1) is 6.92 Å². The highest BCUT2D eigenvalue weighted by molar-refractivity contribution is 5.08. The second-order valence-corrected chi connectivity index (χ2v) is 5.73. The third-order valence-electron chi connectivity index (χ3n) is 4.35. The zero-order chi connectivity index (χ0) is 15.9. The topological polar surface area (TPSA) is 91.8 Å². The van der Waals surface area contributed by atoms with E-state index in [1.807, 2.05) is 0 Å². The number of rotatable bonds is 4. The van der Waals surface area contributed by atoms with E-state index >= 15 is 0 Å². The molecular formula is C14H20N2O6. The van der Waals surface area contributed by atoms with Crippen LogP contribution in [0.1, 0.15) is 18.2 Å². The molecule has 2 unspecified atom stereocenters. The summed E-state index contributed by atoms with van der Waals surface area (Å²) in [6, 6.07) is 0. The number of H-pyrrole nitrogens is 1. The maximum atomic E-state index is 12.1. The molecule has 2 bridgehead atoms. The number of nitrogens with one attached hydrogen (secondary N) is 1. The lowest BCUT2D eigenvalue weighted by Gasteiger charge is -2.37. The molecule has 122 valence electrons. The molecule has 8 heteroatoms. The highest BCUT2D eigenvalue weighted by Crippen LogP contribution is 2.45. The van der Waals surface area contributed by atoms with Gasteiger partial charge in [0.15, 0.2) is 6.23 Å². The van der Waals surface area contributed by atoms with Gasteiger partial charge in [0.25, 0.3) is 5.56 Å². The SMILES string of the molecule is COC[C@]12CCOC(C1OC)[C@H](n1cc(C)c(=O)[nH]c1=O)O2. The second kappa shape index (κ2) is 5.62. The van der Waals surface area contributed by atoms with Gasteiger partial charge in [-0.25, -0.2) is 4.79 Å². The summed E-state index contributed by atoms with van der Waals surface area (Å²) >= 11 is 0. The number of methoxy groups -OCH3 is 2. The summed E-state index contributed by atoms with van der Waals surface area (Å²) in [5.74, 6) is 0. The Kier molecular flexibility index (Phi) is 3.94. The molecule has 2 fully saturated rings. The fraction of sp³-hybridized carbons (Fsp3) is 0.714. The van der Waals surface area contributed by atoms with Crippen molar-refractivity contribution in [1.82, 2.24) is 9.55 Å². The zero-order valence-electron chi connectivity index (χ0n) is 12.8. The smallest absolute Gasteiger partial charge is 0.330 e. The van der Waals surface area contributed by atoms with Gasteiger partial charge in [-0.1, -0.05) is 0 Å². The fourth-order valence-electron chi connectivity index (χ4n) is 3.33. The van der Waals surface area contributed by atoms with Gasteiger partial charge in [-0.3, -0.25) is 14.3 Å². The molecule has 3 heterocycles. The van der Waals surface area contributed by atoms with Crippen LogP contribution in [0.25, 0.3) is 0 Å². The Morgan fingerprint density at radius 2 is 2.23 bits per heavy atom. The van der Waals surface area contributed by atoms with Gasteiger partial charge in [-0.05, 0) is 6.92 Å². The van der Waals surface area contributed by atoms with E-state index in [-0.39, 0.29) is 6.10 Å². The Morgan fingerprint density at radius 3 is 2.91 bits per heavy atom. The molecule has 8 nitrogen and oxygen atoms in total. The predicted octanol–water partition coefficient (Wildman–Crippen LogP) is -0.437. The van der Waals surface area contributed by atoms with Crippen molar-refractivity contribution < 1.29 is 18.9 Å². The summed E-state index contributed by atoms with van der Waals surface area (Å²) in [6.07, 6.45) is 0.667. The molecule has 0 aromatic carbocycles. The van der Waals surface area contributed by atoms with Crippen LogP contribution in [-0.4, -0.2) is 54.8 Å². The highest BCUT2D eigenvalue weighted by Gasteiger charge is 2.59. The van der Waals surface area contributed by atoms with Crippen molar-refractivity contribution in [2.75, 3.05) is 27.4 Å². The van der Waals surface area contributed by atoms with E-state index in [9.17, 15) is 9.59 Å². The Balaban J connectivity index is 2.04. The first-order valence-corrected chi connectivity index (χ1v) is 7.15.